The minimum Gasteiger partial charge on any atom is -0.496 e. The van der Waals surface area contributed by atoms with E-state index in [2.05, 4.69) is 0 Å². The molecule has 0 aliphatic carbocycles. The zero-order valence-corrected chi connectivity index (χ0v) is 13.9. The molecule has 2 aromatic carbocycles. The first-order valence-corrected chi connectivity index (χ1v) is 7.38. The molecule has 4 N–H and O–H groups in total. The minimum absolute atomic E-state index is 0.167. The van der Waals surface area contributed by atoms with E-state index in [0.717, 1.165) is 11.1 Å². The lowest BCUT2D eigenvalue weighted by Crippen LogP contribution is -2.13. The van der Waals surface area contributed by atoms with E-state index in [4.69, 9.17) is 27.8 Å². The van der Waals surface area contributed by atoms with Gasteiger partial charge >= 0.3 is 0 Å². The number of primary amides is 1. The Morgan fingerprint density at radius 3 is 2.48 bits per heavy atom. The smallest absolute Gasteiger partial charge is 0.251 e. The summed E-state index contributed by atoms with van der Waals surface area (Å²) in [5, 5.41) is 0.507. The van der Waals surface area contributed by atoms with Crippen molar-refractivity contribution < 1.29 is 13.9 Å². The number of ether oxygens (including phenoxy) is 1. The molecule has 0 bridgehead atoms. The molecule has 0 aromatic heterocycles. The summed E-state index contributed by atoms with van der Waals surface area (Å²) in [6, 6.07) is 5.63. The second-order valence-electron chi connectivity index (χ2n) is 5.33. The molecule has 0 radical (unpaired) electrons. The van der Waals surface area contributed by atoms with Gasteiger partial charge in [0.15, 0.2) is 0 Å². The van der Waals surface area contributed by atoms with Gasteiger partial charge in [0.05, 0.1) is 12.7 Å². The Hall–Kier alpha value is -2.11. The van der Waals surface area contributed by atoms with Crippen LogP contribution in [0.5, 0.6) is 5.75 Å². The molecule has 122 valence electrons. The standard InChI is InChI=1S/C17H18ClFN2O2/c1-8-13(18)7-12(9(2)20)16(23-3)15(8)10-4-5-11(17(21)22)14(19)6-10/h4-7,9H,20H2,1-3H3,(H2,21,22). The van der Waals surface area contributed by atoms with Crippen LogP contribution < -0.4 is 16.2 Å². The first-order chi connectivity index (χ1) is 10.8. The number of methoxy groups -OCH3 is 1. The van der Waals surface area contributed by atoms with Gasteiger partial charge in [0.1, 0.15) is 11.6 Å². The van der Waals surface area contributed by atoms with E-state index in [1.54, 1.807) is 12.1 Å². The molecule has 6 heteroatoms. The highest BCUT2D eigenvalue weighted by molar-refractivity contribution is 6.32. The summed E-state index contributed by atoms with van der Waals surface area (Å²) in [5.41, 5.74) is 13.6. The van der Waals surface area contributed by atoms with Crippen LogP contribution in [0.3, 0.4) is 0 Å². The molecular weight excluding hydrogens is 319 g/mol. The Balaban J connectivity index is 2.77. The number of rotatable bonds is 4. The number of halogens is 2. The Morgan fingerprint density at radius 1 is 1.35 bits per heavy atom. The van der Waals surface area contributed by atoms with Crippen molar-refractivity contribution in [3.63, 3.8) is 0 Å². The summed E-state index contributed by atoms with van der Waals surface area (Å²) in [6.07, 6.45) is 0. The van der Waals surface area contributed by atoms with Gasteiger partial charge in [0, 0.05) is 22.2 Å². The lowest BCUT2D eigenvalue weighted by molar-refractivity contribution is 0.0996. The van der Waals surface area contributed by atoms with Gasteiger partial charge < -0.3 is 16.2 Å². The number of hydrogen-bond acceptors (Lipinski definition) is 3. The first-order valence-electron chi connectivity index (χ1n) is 7.00. The lowest BCUT2D eigenvalue weighted by Gasteiger charge is -2.20. The van der Waals surface area contributed by atoms with E-state index in [-0.39, 0.29) is 11.6 Å². The van der Waals surface area contributed by atoms with Crippen LogP contribution in [0.2, 0.25) is 5.02 Å². The maximum atomic E-state index is 14.1. The largest absolute Gasteiger partial charge is 0.496 e. The normalized spacial score (nSPS) is 12.1. The molecular formula is C17H18ClFN2O2. The van der Waals surface area contributed by atoms with Crippen molar-refractivity contribution in [1.29, 1.82) is 0 Å². The summed E-state index contributed by atoms with van der Waals surface area (Å²) in [6.45, 7) is 3.62. The number of carbonyl (C=O) groups is 1. The summed E-state index contributed by atoms with van der Waals surface area (Å²) in [4.78, 5) is 11.2. The fourth-order valence-corrected chi connectivity index (χ4v) is 2.73. The molecule has 23 heavy (non-hydrogen) atoms. The fraction of sp³-hybridized carbons (Fsp3) is 0.235. The van der Waals surface area contributed by atoms with Crippen LogP contribution in [0.4, 0.5) is 4.39 Å². The van der Waals surface area contributed by atoms with E-state index in [0.29, 0.717) is 21.9 Å². The minimum atomic E-state index is -0.819. The number of amides is 1. The van der Waals surface area contributed by atoms with E-state index in [1.165, 1.54) is 19.2 Å². The van der Waals surface area contributed by atoms with Crippen LogP contribution in [-0.4, -0.2) is 13.0 Å². The van der Waals surface area contributed by atoms with Gasteiger partial charge in [-0.2, -0.15) is 0 Å². The molecule has 4 nitrogen and oxygen atoms in total. The molecule has 1 amide bonds. The van der Waals surface area contributed by atoms with Gasteiger partial charge in [0.2, 0.25) is 0 Å². The summed E-state index contributed by atoms with van der Waals surface area (Å²) >= 11 is 6.28. The molecule has 0 aliphatic heterocycles. The van der Waals surface area contributed by atoms with Gasteiger partial charge in [-0.3, -0.25) is 4.79 Å². The van der Waals surface area contributed by atoms with Gasteiger partial charge in [-0.15, -0.1) is 0 Å². The quantitative estimate of drug-likeness (QED) is 0.895. The van der Waals surface area contributed by atoms with E-state index in [1.807, 2.05) is 13.8 Å². The SMILES string of the molecule is COc1c(C(C)N)cc(Cl)c(C)c1-c1ccc(C(N)=O)c(F)c1. The Kier molecular flexibility index (Phi) is 4.92. The number of hydrogen-bond donors (Lipinski definition) is 2. The van der Waals surface area contributed by atoms with E-state index < -0.39 is 11.7 Å². The third-order valence-corrected chi connectivity index (χ3v) is 4.12. The van der Waals surface area contributed by atoms with Gasteiger partial charge in [-0.05, 0) is 43.2 Å². The van der Waals surface area contributed by atoms with Crippen molar-refractivity contribution >= 4 is 17.5 Å². The highest BCUT2D eigenvalue weighted by Gasteiger charge is 2.20. The first kappa shape index (κ1) is 17.2. The molecule has 1 unspecified atom stereocenters. The molecule has 0 heterocycles. The predicted molar refractivity (Wildman–Crippen MR) is 89.3 cm³/mol. The van der Waals surface area contributed by atoms with Crippen LogP contribution in [0, 0.1) is 12.7 Å². The molecule has 0 aliphatic rings. The Morgan fingerprint density at radius 2 is 2.00 bits per heavy atom. The van der Waals surface area contributed by atoms with Crippen molar-refractivity contribution in [3.8, 4) is 16.9 Å². The van der Waals surface area contributed by atoms with Crippen molar-refractivity contribution in [2.24, 2.45) is 11.5 Å². The lowest BCUT2D eigenvalue weighted by atomic mass is 9.93. The summed E-state index contributed by atoms with van der Waals surface area (Å²) in [5.74, 6) is -0.980. The van der Waals surface area contributed by atoms with Crippen molar-refractivity contribution in [3.05, 3.63) is 51.8 Å². The van der Waals surface area contributed by atoms with Gasteiger partial charge in [-0.1, -0.05) is 17.7 Å². The van der Waals surface area contributed by atoms with Crippen LogP contribution in [0.15, 0.2) is 24.3 Å². The molecule has 0 fully saturated rings. The molecule has 2 rings (SSSR count). The van der Waals surface area contributed by atoms with Crippen LogP contribution >= 0.6 is 11.6 Å². The van der Waals surface area contributed by atoms with Crippen LogP contribution in [0.1, 0.15) is 34.5 Å². The Labute approximate surface area is 139 Å². The number of nitrogens with two attached hydrogens (primary N) is 2. The highest BCUT2D eigenvalue weighted by atomic mass is 35.5. The van der Waals surface area contributed by atoms with Gasteiger partial charge in [0.25, 0.3) is 5.91 Å². The second kappa shape index (κ2) is 6.56. The predicted octanol–water partition coefficient (Wildman–Crippen LogP) is 3.58. The second-order valence-corrected chi connectivity index (χ2v) is 5.74. The van der Waals surface area contributed by atoms with Crippen LogP contribution in [0.25, 0.3) is 11.1 Å². The molecule has 1 atom stereocenters. The van der Waals surface area contributed by atoms with Crippen LogP contribution in [-0.2, 0) is 0 Å². The molecule has 0 saturated heterocycles. The average molecular weight is 337 g/mol. The monoisotopic (exact) mass is 336 g/mol. The maximum Gasteiger partial charge on any atom is 0.251 e. The molecule has 2 aromatic rings. The molecule has 0 saturated carbocycles. The summed E-state index contributed by atoms with van der Waals surface area (Å²) in [7, 11) is 1.52. The summed E-state index contributed by atoms with van der Waals surface area (Å²) < 4.78 is 19.6. The van der Waals surface area contributed by atoms with Crippen molar-refractivity contribution in [1.82, 2.24) is 0 Å². The molecule has 0 spiro atoms. The topological polar surface area (TPSA) is 78.3 Å². The maximum absolute atomic E-state index is 14.1. The zero-order chi connectivity index (χ0) is 17.3. The van der Waals surface area contributed by atoms with E-state index >= 15 is 0 Å². The fourth-order valence-electron chi connectivity index (χ4n) is 2.52. The highest BCUT2D eigenvalue weighted by Crippen LogP contribution is 2.42. The number of carbonyl (C=O) groups excluding carboxylic acids is 1. The van der Waals surface area contributed by atoms with Crippen molar-refractivity contribution in [2.75, 3.05) is 7.11 Å². The van der Waals surface area contributed by atoms with Gasteiger partial charge in [-0.25, -0.2) is 4.39 Å². The zero-order valence-electron chi connectivity index (χ0n) is 13.1. The third kappa shape index (κ3) is 3.16. The third-order valence-electron chi connectivity index (χ3n) is 3.72. The number of benzene rings is 2. The van der Waals surface area contributed by atoms with Crippen molar-refractivity contribution in [2.45, 2.75) is 19.9 Å². The Bertz CT molecular complexity index is 776. The average Bonchev–Trinajstić information content (AvgIpc) is 2.48. The van der Waals surface area contributed by atoms with E-state index in [9.17, 15) is 9.18 Å².